The van der Waals surface area contributed by atoms with Crippen LogP contribution in [0, 0.1) is 0 Å². The van der Waals surface area contributed by atoms with Gasteiger partial charge in [-0.15, -0.1) is 0 Å². The first-order valence-corrected chi connectivity index (χ1v) is 5.38. The number of carbonyl (C=O) groups is 1. The van der Waals surface area contributed by atoms with Crippen molar-refractivity contribution in [2.45, 2.75) is 6.61 Å². The van der Waals surface area contributed by atoms with Crippen LogP contribution in [0.5, 0.6) is 5.75 Å². The molecule has 1 aromatic carbocycles. The smallest absolute Gasteiger partial charge is 0.343 e. The Hall–Kier alpha value is -2.50. The first-order chi connectivity index (χ1) is 8.72. The zero-order valence-electron chi connectivity index (χ0n) is 9.71. The molecule has 0 unspecified atom stereocenters. The predicted octanol–water partition coefficient (Wildman–Crippen LogP) is 1.13. The lowest BCUT2D eigenvalue weighted by Gasteiger charge is -2.22. The molecule has 1 aliphatic rings. The minimum absolute atomic E-state index is 0.259. The van der Waals surface area contributed by atoms with Crippen molar-refractivity contribution >= 4 is 11.7 Å². The van der Waals surface area contributed by atoms with Crippen molar-refractivity contribution in [1.29, 1.82) is 0 Å². The average molecular weight is 245 g/mol. The predicted molar refractivity (Wildman–Crippen MR) is 63.6 cm³/mol. The lowest BCUT2D eigenvalue weighted by Crippen LogP contribution is -2.17. The maximum absolute atomic E-state index is 11.7. The molecule has 92 valence electrons. The third-order valence-electron chi connectivity index (χ3n) is 2.88. The Morgan fingerprint density at radius 2 is 2.39 bits per heavy atom. The largest absolute Gasteiger partial charge is 0.482 e. The summed E-state index contributed by atoms with van der Waals surface area (Å²) in [5, 5.41) is 0. The number of aromatic nitrogens is 2. The molecule has 0 fully saturated rings. The number of nitrogens with zero attached hydrogens (tertiary/aromatic N) is 2. The van der Waals surface area contributed by atoms with Gasteiger partial charge in [0.25, 0.3) is 0 Å². The van der Waals surface area contributed by atoms with Gasteiger partial charge < -0.3 is 15.2 Å². The van der Waals surface area contributed by atoms with E-state index in [1.54, 1.807) is 18.3 Å². The van der Waals surface area contributed by atoms with Gasteiger partial charge in [-0.25, -0.2) is 9.78 Å². The van der Waals surface area contributed by atoms with E-state index in [0.717, 1.165) is 11.5 Å². The number of nitrogens with two attached hydrogens (primary N) is 1. The highest BCUT2D eigenvalue weighted by Crippen LogP contribution is 2.36. The van der Waals surface area contributed by atoms with Crippen molar-refractivity contribution in [3.8, 4) is 11.4 Å². The maximum Gasteiger partial charge on any atom is 0.343 e. The highest BCUT2D eigenvalue weighted by molar-refractivity contribution is 5.99. The first kappa shape index (κ1) is 10.6. The molecule has 0 saturated carbocycles. The van der Waals surface area contributed by atoms with Gasteiger partial charge in [0, 0.05) is 12.4 Å². The lowest BCUT2D eigenvalue weighted by molar-refractivity contribution is 0.0596. The van der Waals surface area contributed by atoms with E-state index in [4.69, 9.17) is 15.2 Å². The van der Waals surface area contributed by atoms with E-state index in [0.29, 0.717) is 18.0 Å². The van der Waals surface area contributed by atoms with Crippen LogP contribution in [-0.4, -0.2) is 22.6 Å². The Bertz CT molecular complexity index is 633. The molecule has 1 aliphatic heterocycles. The fourth-order valence-corrected chi connectivity index (χ4v) is 2.03. The second kappa shape index (κ2) is 3.76. The van der Waals surface area contributed by atoms with E-state index in [-0.39, 0.29) is 5.56 Å². The molecule has 0 aliphatic carbocycles. The highest BCUT2D eigenvalue weighted by atomic mass is 16.5. The van der Waals surface area contributed by atoms with Gasteiger partial charge in [0.05, 0.1) is 18.5 Å². The Labute approximate surface area is 103 Å². The summed E-state index contributed by atoms with van der Waals surface area (Å²) in [6.45, 7) is 0.299. The number of hydrogen-bond donors (Lipinski definition) is 1. The quantitative estimate of drug-likeness (QED) is 0.602. The van der Waals surface area contributed by atoms with Gasteiger partial charge >= 0.3 is 5.97 Å². The molecule has 2 N–H and O–H groups in total. The van der Waals surface area contributed by atoms with Gasteiger partial charge in [0.2, 0.25) is 0 Å². The number of carbonyl (C=O) groups excluding carboxylic acids is 1. The van der Waals surface area contributed by atoms with Gasteiger partial charge in [-0.3, -0.25) is 4.57 Å². The molecule has 0 radical (unpaired) electrons. The number of anilines is 1. The molecular formula is C12H11N3O3. The van der Waals surface area contributed by atoms with Crippen LogP contribution in [-0.2, 0) is 11.3 Å². The second-order valence-corrected chi connectivity index (χ2v) is 3.87. The molecule has 2 heterocycles. The summed E-state index contributed by atoms with van der Waals surface area (Å²) in [5.41, 5.74) is 7.15. The number of fused-ring (bicyclic) bond motifs is 3. The van der Waals surface area contributed by atoms with Crippen molar-refractivity contribution < 1.29 is 14.3 Å². The van der Waals surface area contributed by atoms with Gasteiger partial charge in [0.1, 0.15) is 12.2 Å². The van der Waals surface area contributed by atoms with E-state index in [9.17, 15) is 4.79 Å². The normalized spacial score (nSPS) is 12.3. The lowest BCUT2D eigenvalue weighted by atomic mass is 10.1. The van der Waals surface area contributed by atoms with E-state index < -0.39 is 5.97 Å². The molecule has 1 aromatic heterocycles. The fourth-order valence-electron chi connectivity index (χ4n) is 2.03. The summed E-state index contributed by atoms with van der Waals surface area (Å²) in [5.74, 6) is 0.711. The zero-order chi connectivity index (χ0) is 12.7. The molecule has 18 heavy (non-hydrogen) atoms. The van der Waals surface area contributed by atoms with E-state index >= 15 is 0 Å². The number of methoxy groups -OCH3 is 1. The monoisotopic (exact) mass is 245 g/mol. The average Bonchev–Trinajstić information content (AvgIpc) is 2.86. The summed E-state index contributed by atoms with van der Waals surface area (Å²) in [4.78, 5) is 15.9. The Morgan fingerprint density at radius 3 is 3.17 bits per heavy atom. The summed E-state index contributed by atoms with van der Waals surface area (Å²) in [6, 6.07) is 3.45. The fraction of sp³-hybridized carbons (Fsp3) is 0.167. The molecule has 0 saturated heterocycles. The molecule has 6 heteroatoms. The first-order valence-electron chi connectivity index (χ1n) is 5.38. The van der Waals surface area contributed by atoms with Crippen molar-refractivity contribution in [3.05, 3.63) is 35.9 Å². The van der Waals surface area contributed by atoms with Crippen LogP contribution in [0.1, 0.15) is 16.2 Å². The molecule has 0 atom stereocenters. The van der Waals surface area contributed by atoms with E-state index in [1.165, 1.54) is 7.11 Å². The number of hydrogen-bond acceptors (Lipinski definition) is 5. The second-order valence-electron chi connectivity index (χ2n) is 3.87. The van der Waals surface area contributed by atoms with Crippen molar-refractivity contribution in [3.63, 3.8) is 0 Å². The van der Waals surface area contributed by atoms with Crippen molar-refractivity contribution in [2.75, 3.05) is 12.8 Å². The summed E-state index contributed by atoms with van der Waals surface area (Å²) >= 11 is 0. The van der Waals surface area contributed by atoms with Gasteiger partial charge in [-0.2, -0.15) is 0 Å². The topological polar surface area (TPSA) is 79.4 Å². The minimum atomic E-state index is -0.507. The SMILES string of the molecule is COC(=O)c1c(N)ccc2c1OCc1nccn1-2. The summed E-state index contributed by atoms with van der Waals surface area (Å²) < 4.78 is 12.2. The van der Waals surface area contributed by atoms with Crippen molar-refractivity contribution in [1.82, 2.24) is 9.55 Å². The molecule has 3 rings (SSSR count). The van der Waals surface area contributed by atoms with E-state index in [1.807, 2.05) is 10.8 Å². The third kappa shape index (κ3) is 1.35. The van der Waals surface area contributed by atoms with Gasteiger partial charge in [-0.05, 0) is 12.1 Å². The molecule has 0 amide bonds. The molecule has 0 spiro atoms. The van der Waals surface area contributed by atoms with Crippen molar-refractivity contribution in [2.24, 2.45) is 0 Å². The van der Waals surface area contributed by atoms with Crippen LogP contribution in [0.3, 0.4) is 0 Å². The summed E-state index contributed by atoms with van der Waals surface area (Å²) in [6.07, 6.45) is 3.50. The third-order valence-corrected chi connectivity index (χ3v) is 2.88. The highest BCUT2D eigenvalue weighted by Gasteiger charge is 2.25. The van der Waals surface area contributed by atoms with Crippen LogP contribution in [0.25, 0.3) is 5.69 Å². The number of benzene rings is 1. The van der Waals surface area contributed by atoms with Crippen LogP contribution in [0.4, 0.5) is 5.69 Å². The number of imidazole rings is 1. The standard InChI is InChI=1S/C12H11N3O3/c1-17-12(16)10-7(13)2-3-8-11(10)18-6-9-14-4-5-15(8)9/h2-5H,6,13H2,1H3. The number of esters is 1. The van der Waals surface area contributed by atoms with Crippen LogP contribution >= 0.6 is 0 Å². The van der Waals surface area contributed by atoms with E-state index in [2.05, 4.69) is 4.98 Å². The van der Waals surface area contributed by atoms with Crippen LogP contribution in [0.15, 0.2) is 24.5 Å². The molecular weight excluding hydrogens is 234 g/mol. The Kier molecular flexibility index (Phi) is 2.22. The maximum atomic E-state index is 11.7. The number of nitrogen functional groups attached to an aromatic ring is 1. The molecule has 2 aromatic rings. The Balaban J connectivity index is 2.26. The van der Waals surface area contributed by atoms with Gasteiger partial charge in [-0.1, -0.05) is 0 Å². The Morgan fingerprint density at radius 1 is 1.56 bits per heavy atom. The van der Waals surface area contributed by atoms with Crippen LogP contribution in [0.2, 0.25) is 0 Å². The zero-order valence-corrected chi connectivity index (χ0v) is 9.71. The molecule has 6 nitrogen and oxygen atoms in total. The number of rotatable bonds is 1. The summed E-state index contributed by atoms with van der Waals surface area (Å²) in [7, 11) is 1.31. The van der Waals surface area contributed by atoms with Crippen LogP contribution < -0.4 is 10.5 Å². The number of ether oxygens (including phenoxy) is 2. The van der Waals surface area contributed by atoms with Gasteiger partial charge in [0.15, 0.2) is 11.6 Å². The molecule has 0 bridgehead atoms. The minimum Gasteiger partial charge on any atom is -0.482 e.